The Bertz CT molecular complexity index is 617. The number of phenolic OH excluding ortho intramolecular Hbond substituents is 1. The number of phenols is 1. The molecule has 0 saturated carbocycles. The van der Waals surface area contributed by atoms with Crippen LogP contribution < -0.4 is 5.32 Å². The summed E-state index contributed by atoms with van der Waals surface area (Å²) in [6.45, 7) is 1.84. The van der Waals surface area contributed by atoms with Crippen LogP contribution in [0.4, 0.5) is 14.5 Å². The Kier molecular flexibility index (Phi) is 4.04. The molecule has 0 saturated heterocycles. The van der Waals surface area contributed by atoms with Crippen LogP contribution >= 0.6 is 15.9 Å². The number of aryl methyl sites for hydroxylation is 1. The number of hydrogen-bond donors (Lipinski definition) is 2. The maximum absolute atomic E-state index is 13.8. The first kappa shape index (κ1) is 13.8. The van der Waals surface area contributed by atoms with E-state index in [9.17, 15) is 13.9 Å². The smallest absolute Gasteiger partial charge is 0.152 e. The van der Waals surface area contributed by atoms with Crippen LogP contribution in [0.2, 0.25) is 0 Å². The highest BCUT2D eigenvalue weighted by atomic mass is 79.9. The third-order valence-electron chi connectivity index (χ3n) is 2.77. The van der Waals surface area contributed by atoms with Crippen LogP contribution in [0.3, 0.4) is 0 Å². The quantitative estimate of drug-likeness (QED) is 0.878. The van der Waals surface area contributed by atoms with Gasteiger partial charge in [-0.15, -0.1) is 0 Å². The number of aromatic hydroxyl groups is 1. The Morgan fingerprint density at radius 2 is 1.95 bits per heavy atom. The molecule has 0 aromatic heterocycles. The largest absolute Gasteiger partial charge is 0.507 e. The van der Waals surface area contributed by atoms with Gasteiger partial charge in [0.05, 0.1) is 4.47 Å². The minimum absolute atomic E-state index is 0.122. The van der Waals surface area contributed by atoms with Gasteiger partial charge in [0, 0.05) is 6.54 Å². The molecule has 0 heterocycles. The number of benzene rings is 2. The van der Waals surface area contributed by atoms with Crippen LogP contribution in [-0.2, 0) is 6.54 Å². The van der Waals surface area contributed by atoms with Gasteiger partial charge < -0.3 is 10.4 Å². The van der Waals surface area contributed by atoms with Gasteiger partial charge in [0.1, 0.15) is 17.3 Å². The Labute approximate surface area is 118 Å². The first-order chi connectivity index (χ1) is 8.99. The highest BCUT2D eigenvalue weighted by Crippen LogP contribution is 2.26. The van der Waals surface area contributed by atoms with Crippen LogP contribution in [0.5, 0.6) is 5.75 Å². The second-order valence-electron chi connectivity index (χ2n) is 4.19. The molecule has 0 radical (unpaired) electrons. The van der Waals surface area contributed by atoms with Crippen molar-refractivity contribution in [1.82, 2.24) is 0 Å². The van der Waals surface area contributed by atoms with E-state index in [1.54, 1.807) is 19.1 Å². The summed E-state index contributed by atoms with van der Waals surface area (Å²) in [6, 6.07) is 7.51. The molecule has 0 unspecified atom stereocenters. The fourth-order valence-corrected chi connectivity index (χ4v) is 2.10. The van der Waals surface area contributed by atoms with Crippen molar-refractivity contribution in [3.8, 4) is 5.75 Å². The molecule has 19 heavy (non-hydrogen) atoms. The van der Waals surface area contributed by atoms with Crippen molar-refractivity contribution in [2.45, 2.75) is 13.5 Å². The zero-order valence-electron chi connectivity index (χ0n) is 10.2. The molecule has 0 fully saturated rings. The summed E-state index contributed by atoms with van der Waals surface area (Å²) in [5.74, 6) is -1.09. The van der Waals surface area contributed by atoms with Gasteiger partial charge in [-0.1, -0.05) is 12.1 Å². The molecule has 0 aliphatic heterocycles. The molecule has 0 bridgehead atoms. The second-order valence-corrected chi connectivity index (χ2v) is 5.05. The Morgan fingerprint density at radius 1 is 1.21 bits per heavy atom. The molecule has 2 aromatic carbocycles. The standard InChI is InChI=1S/C14H12BrF2NO/c1-8-2-4-11(16)14(13(8)17)18-7-9-3-5-12(19)10(15)6-9/h2-6,18-19H,7H2,1H3. The molecule has 0 amide bonds. The molecule has 0 aliphatic carbocycles. The van der Waals surface area contributed by atoms with E-state index in [0.29, 0.717) is 10.0 Å². The van der Waals surface area contributed by atoms with Crippen molar-refractivity contribution in [2.75, 3.05) is 5.32 Å². The fourth-order valence-electron chi connectivity index (χ4n) is 1.67. The molecule has 100 valence electrons. The number of anilines is 1. The maximum atomic E-state index is 13.8. The molecule has 2 N–H and O–H groups in total. The van der Waals surface area contributed by atoms with Gasteiger partial charge in [-0.3, -0.25) is 0 Å². The second kappa shape index (κ2) is 5.57. The minimum Gasteiger partial charge on any atom is -0.507 e. The van der Waals surface area contributed by atoms with Gasteiger partial charge in [0.2, 0.25) is 0 Å². The van der Waals surface area contributed by atoms with E-state index in [1.807, 2.05) is 0 Å². The first-order valence-electron chi connectivity index (χ1n) is 5.65. The van der Waals surface area contributed by atoms with Crippen molar-refractivity contribution < 1.29 is 13.9 Å². The lowest BCUT2D eigenvalue weighted by atomic mass is 10.1. The van der Waals surface area contributed by atoms with Crippen LogP contribution in [0.1, 0.15) is 11.1 Å². The topological polar surface area (TPSA) is 32.3 Å². The fraction of sp³-hybridized carbons (Fsp3) is 0.143. The van der Waals surface area contributed by atoms with E-state index in [4.69, 9.17) is 0 Å². The molecule has 5 heteroatoms. The number of rotatable bonds is 3. The van der Waals surface area contributed by atoms with Gasteiger partial charge in [-0.2, -0.15) is 0 Å². The predicted octanol–water partition coefficient (Wildman–Crippen LogP) is 4.35. The average Bonchev–Trinajstić information content (AvgIpc) is 2.38. The SMILES string of the molecule is Cc1ccc(F)c(NCc2ccc(O)c(Br)c2)c1F. The van der Waals surface area contributed by atoms with E-state index in [-0.39, 0.29) is 18.0 Å². The van der Waals surface area contributed by atoms with Crippen LogP contribution in [0.25, 0.3) is 0 Å². The number of nitrogens with one attached hydrogen (secondary N) is 1. The van der Waals surface area contributed by atoms with Gasteiger partial charge in [-0.05, 0) is 52.2 Å². The summed E-state index contributed by atoms with van der Waals surface area (Å²) in [5.41, 5.74) is 1.05. The molecule has 0 spiro atoms. The Hall–Kier alpha value is -1.62. The van der Waals surface area contributed by atoms with Crippen molar-refractivity contribution >= 4 is 21.6 Å². The highest BCUT2D eigenvalue weighted by molar-refractivity contribution is 9.10. The number of hydrogen-bond acceptors (Lipinski definition) is 2. The van der Waals surface area contributed by atoms with E-state index in [1.165, 1.54) is 18.2 Å². The monoisotopic (exact) mass is 327 g/mol. The minimum atomic E-state index is -0.624. The summed E-state index contributed by atoms with van der Waals surface area (Å²) in [7, 11) is 0. The normalized spacial score (nSPS) is 10.5. The zero-order chi connectivity index (χ0) is 14.0. The molecular weight excluding hydrogens is 316 g/mol. The predicted molar refractivity (Wildman–Crippen MR) is 74.2 cm³/mol. The average molecular weight is 328 g/mol. The first-order valence-corrected chi connectivity index (χ1v) is 6.44. The van der Waals surface area contributed by atoms with Crippen molar-refractivity contribution in [3.63, 3.8) is 0 Å². The summed E-state index contributed by atoms with van der Waals surface area (Å²) >= 11 is 3.19. The molecule has 2 rings (SSSR count). The lowest BCUT2D eigenvalue weighted by Crippen LogP contribution is -2.05. The molecule has 0 atom stereocenters. The third kappa shape index (κ3) is 3.04. The van der Waals surface area contributed by atoms with E-state index in [2.05, 4.69) is 21.2 Å². The maximum Gasteiger partial charge on any atom is 0.152 e. The van der Waals surface area contributed by atoms with Gasteiger partial charge in [0.25, 0.3) is 0 Å². The van der Waals surface area contributed by atoms with E-state index in [0.717, 1.165) is 5.56 Å². The van der Waals surface area contributed by atoms with Crippen LogP contribution in [0, 0.1) is 18.6 Å². The summed E-state index contributed by atoms with van der Waals surface area (Å²) in [5, 5.41) is 12.1. The summed E-state index contributed by atoms with van der Waals surface area (Å²) in [6.07, 6.45) is 0. The zero-order valence-corrected chi connectivity index (χ0v) is 11.8. The van der Waals surface area contributed by atoms with Crippen LogP contribution in [0.15, 0.2) is 34.8 Å². The van der Waals surface area contributed by atoms with Crippen molar-refractivity contribution in [2.24, 2.45) is 0 Å². The highest BCUT2D eigenvalue weighted by Gasteiger charge is 2.11. The van der Waals surface area contributed by atoms with E-state index < -0.39 is 11.6 Å². The van der Waals surface area contributed by atoms with Gasteiger partial charge in [0.15, 0.2) is 5.82 Å². The lowest BCUT2D eigenvalue weighted by molar-refractivity contribution is 0.471. The lowest BCUT2D eigenvalue weighted by Gasteiger charge is -2.11. The molecule has 0 aliphatic rings. The molecule has 2 nitrogen and oxygen atoms in total. The molecule has 2 aromatic rings. The van der Waals surface area contributed by atoms with Gasteiger partial charge in [-0.25, -0.2) is 8.78 Å². The third-order valence-corrected chi connectivity index (χ3v) is 3.40. The van der Waals surface area contributed by atoms with E-state index >= 15 is 0 Å². The summed E-state index contributed by atoms with van der Waals surface area (Å²) < 4.78 is 27.8. The number of halogens is 3. The van der Waals surface area contributed by atoms with Crippen molar-refractivity contribution in [3.05, 3.63) is 57.6 Å². The van der Waals surface area contributed by atoms with Crippen LogP contribution in [-0.4, -0.2) is 5.11 Å². The Morgan fingerprint density at radius 3 is 2.63 bits per heavy atom. The Balaban J connectivity index is 2.19. The van der Waals surface area contributed by atoms with Gasteiger partial charge >= 0.3 is 0 Å². The summed E-state index contributed by atoms with van der Waals surface area (Å²) in [4.78, 5) is 0. The molecular formula is C14H12BrF2NO. The van der Waals surface area contributed by atoms with Crippen molar-refractivity contribution in [1.29, 1.82) is 0 Å².